The van der Waals surface area contributed by atoms with Gasteiger partial charge in [-0.3, -0.25) is 9.59 Å². The molecule has 126 valence electrons. The molecule has 2 rings (SSSR count). The standard InChI is InChI=1S/C19H21NO4/c1-14(11-18(21)22)12-20-19(23)16-9-7-15(8-10-16)13-24-17-5-3-2-4-6-17/h2-10,14H,11-13H2,1H3,(H,20,23)(H,21,22). The molecule has 2 N–H and O–H groups in total. The smallest absolute Gasteiger partial charge is 0.303 e. The predicted molar refractivity (Wildman–Crippen MR) is 91.0 cm³/mol. The van der Waals surface area contributed by atoms with Crippen LogP contribution in [0.1, 0.15) is 29.3 Å². The van der Waals surface area contributed by atoms with E-state index in [-0.39, 0.29) is 18.2 Å². The third-order valence-corrected chi connectivity index (χ3v) is 3.50. The van der Waals surface area contributed by atoms with E-state index in [9.17, 15) is 9.59 Å². The number of aliphatic carboxylic acids is 1. The molecule has 0 aliphatic heterocycles. The van der Waals surface area contributed by atoms with Gasteiger partial charge in [0, 0.05) is 18.5 Å². The van der Waals surface area contributed by atoms with Gasteiger partial charge in [0.15, 0.2) is 0 Å². The second-order valence-electron chi connectivity index (χ2n) is 5.71. The highest BCUT2D eigenvalue weighted by Gasteiger charge is 2.10. The fourth-order valence-corrected chi connectivity index (χ4v) is 2.17. The number of carbonyl (C=O) groups excluding carboxylic acids is 1. The average molecular weight is 327 g/mol. The maximum absolute atomic E-state index is 12.0. The summed E-state index contributed by atoms with van der Waals surface area (Å²) < 4.78 is 5.65. The van der Waals surface area contributed by atoms with Gasteiger partial charge in [0.05, 0.1) is 0 Å². The van der Waals surface area contributed by atoms with Crippen molar-refractivity contribution in [2.24, 2.45) is 5.92 Å². The maximum atomic E-state index is 12.0. The molecule has 2 aromatic carbocycles. The molecule has 1 unspecified atom stereocenters. The van der Waals surface area contributed by atoms with E-state index >= 15 is 0 Å². The number of rotatable bonds is 8. The van der Waals surface area contributed by atoms with E-state index in [0.29, 0.717) is 18.7 Å². The molecule has 0 aromatic heterocycles. The first-order valence-electron chi connectivity index (χ1n) is 7.81. The molecular formula is C19H21NO4. The van der Waals surface area contributed by atoms with Crippen molar-refractivity contribution in [1.29, 1.82) is 0 Å². The van der Waals surface area contributed by atoms with E-state index in [4.69, 9.17) is 9.84 Å². The quantitative estimate of drug-likeness (QED) is 0.781. The van der Waals surface area contributed by atoms with Crippen molar-refractivity contribution in [2.45, 2.75) is 20.0 Å². The van der Waals surface area contributed by atoms with Crippen LogP contribution in [0.25, 0.3) is 0 Å². The zero-order valence-corrected chi connectivity index (χ0v) is 13.6. The molecular weight excluding hydrogens is 306 g/mol. The molecule has 0 aliphatic carbocycles. The topological polar surface area (TPSA) is 75.6 Å². The number of carbonyl (C=O) groups is 2. The number of hydrogen-bond donors (Lipinski definition) is 2. The summed E-state index contributed by atoms with van der Waals surface area (Å²) in [5.74, 6) is -0.376. The molecule has 0 aliphatic rings. The fourth-order valence-electron chi connectivity index (χ4n) is 2.17. The number of carboxylic acid groups (broad SMARTS) is 1. The van der Waals surface area contributed by atoms with Crippen LogP contribution in [0.15, 0.2) is 54.6 Å². The van der Waals surface area contributed by atoms with Crippen molar-refractivity contribution in [3.05, 3.63) is 65.7 Å². The van der Waals surface area contributed by atoms with Crippen molar-refractivity contribution >= 4 is 11.9 Å². The van der Waals surface area contributed by atoms with Gasteiger partial charge in [0.2, 0.25) is 0 Å². The van der Waals surface area contributed by atoms with Crippen LogP contribution < -0.4 is 10.1 Å². The van der Waals surface area contributed by atoms with E-state index in [1.807, 2.05) is 42.5 Å². The molecule has 0 fully saturated rings. The summed E-state index contributed by atoms with van der Waals surface area (Å²) in [6, 6.07) is 16.7. The Balaban J connectivity index is 1.82. The molecule has 5 nitrogen and oxygen atoms in total. The third-order valence-electron chi connectivity index (χ3n) is 3.50. The van der Waals surface area contributed by atoms with Crippen LogP contribution >= 0.6 is 0 Å². The summed E-state index contributed by atoms with van der Waals surface area (Å²) in [7, 11) is 0. The highest BCUT2D eigenvalue weighted by atomic mass is 16.5. The largest absolute Gasteiger partial charge is 0.489 e. The van der Waals surface area contributed by atoms with Gasteiger partial charge in [0.25, 0.3) is 5.91 Å². The van der Waals surface area contributed by atoms with Crippen LogP contribution in [0.2, 0.25) is 0 Å². The van der Waals surface area contributed by atoms with Crippen LogP contribution in [-0.4, -0.2) is 23.5 Å². The Hall–Kier alpha value is -2.82. The summed E-state index contributed by atoms with van der Waals surface area (Å²) in [4.78, 5) is 22.6. The van der Waals surface area contributed by atoms with Gasteiger partial charge >= 0.3 is 5.97 Å². The molecule has 1 atom stereocenters. The SMILES string of the molecule is CC(CNC(=O)c1ccc(COc2ccccc2)cc1)CC(=O)O. The lowest BCUT2D eigenvalue weighted by Crippen LogP contribution is -2.29. The van der Waals surface area contributed by atoms with E-state index in [2.05, 4.69) is 5.32 Å². The number of para-hydroxylation sites is 1. The highest BCUT2D eigenvalue weighted by molar-refractivity contribution is 5.94. The molecule has 24 heavy (non-hydrogen) atoms. The minimum Gasteiger partial charge on any atom is -0.489 e. The Morgan fingerprint density at radius 1 is 1.08 bits per heavy atom. The number of benzene rings is 2. The Bertz CT molecular complexity index is 668. The number of carboxylic acids is 1. The molecule has 0 saturated carbocycles. The first-order chi connectivity index (χ1) is 11.5. The molecule has 0 heterocycles. The van der Waals surface area contributed by atoms with Gasteiger partial charge in [0.1, 0.15) is 12.4 Å². The summed E-state index contributed by atoms with van der Waals surface area (Å²) in [5, 5.41) is 11.5. The zero-order valence-electron chi connectivity index (χ0n) is 13.6. The van der Waals surface area contributed by atoms with Gasteiger partial charge in [-0.15, -0.1) is 0 Å². The first-order valence-corrected chi connectivity index (χ1v) is 7.81. The number of amides is 1. The summed E-state index contributed by atoms with van der Waals surface area (Å²) >= 11 is 0. The predicted octanol–water partition coefficient (Wildman–Crippen LogP) is 3.11. The lowest BCUT2D eigenvalue weighted by molar-refractivity contribution is -0.137. The maximum Gasteiger partial charge on any atom is 0.303 e. The monoisotopic (exact) mass is 327 g/mol. The van der Waals surface area contributed by atoms with Gasteiger partial charge < -0.3 is 15.2 Å². The van der Waals surface area contributed by atoms with Crippen LogP contribution in [0.5, 0.6) is 5.75 Å². The van der Waals surface area contributed by atoms with Crippen molar-refractivity contribution in [3.8, 4) is 5.75 Å². The number of ether oxygens (including phenoxy) is 1. The Morgan fingerprint density at radius 3 is 2.38 bits per heavy atom. The third kappa shape index (κ3) is 5.76. The van der Waals surface area contributed by atoms with Crippen molar-refractivity contribution in [3.63, 3.8) is 0 Å². The van der Waals surface area contributed by atoms with E-state index in [1.54, 1.807) is 19.1 Å². The highest BCUT2D eigenvalue weighted by Crippen LogP contribution is 2.12. The number of hydrogen-bond acceptors (Lipinski definition) is 3. The Kier molecular flexibility index (Phi) is 6.37. The van der Waals surface area contributed by atoms with E-state index in [0.717, 1.165) is 11.3 Å². The summed E-state index contributed by atoms with van der Waals surface area (Å²) in [5.41, 5.74) is 1.51. The number of nitrogens with one attached hydrogen (secondary N) is 1. The van der Waals surface area contributed by atoms with Crippen molar-refractivity contribution < 1.29 is 19.4 Å². The molecule has 1 amide bonds. The second kappa shape index (κ2) is 8.72. The van der Waals surface area contributed by atoms with Crippen molar-refractivity contribution in [1.82, 2.24) is 5.32 Å². The van der Waals surface area contributed by atoms with Gasteiger partial charge in [-0.05, 0) is 35.7 Å². The van der Waals surface area contributed by atoms with E-state index in [1.165, 1.54) is 0 Å². The summed E-state index contributed by atoms with van der Waals surface area (Å²) in [6.45, 7) is 2.56. The lowest BCUT2D eigenvalue weighted by Gasteiger charge is -2.11. The summed E-state index contributed by atoms with van der Waals surface area (Å²) in [6.07, 6.45) is 0.0377. The Morgan fingerprint density at radius 2 is 1.75 bits per heavy atom. The second-order valence-corrected chi connectivity index (χ2v) is 5.71. The first kappa shape index (κ1) is 17.5. The minimum atomic E-state index is -0.862. The molecule has 2 aromatic rings. The average Bonchev–Trinajstić information content (AvgIpc) is 2.58. The minimum absolute atomic E-state index is 0.0377. The molecule has 0 spiro atoms. The van der Waals surface area contributed by atoms with Crippen molar-refractivity contribution in [2.75, 3.05) is 6.54 Å². The molecule has 0 saturated heterocycles. The van der Waals surface area contributed by atoms with Gasteiger partial charge in [-0.1, -0.05) is 37.3 Å². The van der Waals surface area contributed by atoms with Crippen LogP contribution in [-0.2, 0) is 11.4 Å². The van der Waals surface area contributed by atoms with Crippen LogP contribution in [0, 0.1) is 5.92 Å². The van der Waals surface area contributed by atoms with Gasteiger partial charge in [-0.25, -0.2) is 0 Å². The Labute approximate surface area is 141 Å². The fraction of sp³-hybridized carbons (Fsp3) is 0.263. The zero-order chi connectivity index (χ0) is 17.4. The molecule has 0 bridgehead atoms. The molecule has 5 heteroatoms. The molecule has 0 radical (unpaired) electrons. The lowest BCUT2D eigenvalue weighted by atomic mass is 10.1. The normalized spacial score (nSPS) is 11.5. The van der Waals surface area contributed by atoms with Crippen LogP contribution in [0.3, 0.4) is 0 Å². The van der Waals surface area contributed by atoms with E-state index < -0.39 is 5.97 Å². The van der Waals surface area contributed by atoms with Crippen LogP contribution in [0.4, 0.5) is 0 Å². The van der Waals surface area contributed by atoms with Gasteiger partial charge in [-0.2, -0.15) is 0 Å².